The predicted octanol–water partition coefficient (Wildman–Crippen LogP) is 1.66. The van der Waals surface area contributed by atoms with E-state index in [0.29, 0.717) is 12.0 Å². The molecule has 80 valence electrons. The van der Waals surface area contributed by atoms with Crippen molar-refractivity contribution < 1.29 is 14.3 Å². The Labute approximate surface area is 84.3 Å². The Bertz CT molecular complexity index is 236. The van der Waals surface area contributed by atoms with Crippen molar-refractivity contribution in [2.24, 2.45) is 0 Å². The monoisotopic (exact) mass is 199 g/mol. The number of amides is 1. The van der Waals surface area contributed by atoms with Gasteiger partial charge < -0.3 is 10.1 Å². The van der Waals surface area contributed by atoms with Crippen molar-refractivity contribution in [3.63, 3.8) is 0 Å². The highest BCUT2D eigenvalue weighted by molar-refractivity contribution is 5.99. The molecule has 0 aromatic heterocycles. The summed E-state index contributed by atoms with van der Waals surface area (Å²) >= 11 is 0. The summed E-state index contributed by atoms with van der Waals surface area (Å²) in [5.74, 6) is -0.141. The Morgan fingerprint density at radius 1 is 1.50 bits per heavy atom. The highest BCUT2D eigenvalue weighted by atomic mass is 16.5. The molecule has 0 aromatic rings. The molecule has 0 aliphatic heterocycles. The van der Waals surface area contributed by atoms with Crippen LogP contribution in [0.1, 0.15) is 26.7 Å². The molecule has 1 unspecified atom stereocenters. The number of alkyl carbamates (subject to hydrolysis) is 1. The van der Waals surface area contributed by atoms with E-state index in [4.69, 9.17) is 0 Å². The van der Waals surface area contributed by atoms with Crippen LogP contribution in [-0.4, -0.2) is 25.0 Å². The fourth-order valence-corrected chi connectivity index (χ4v) is 1.06. The van der Waals surface area contributed by atoms with Gasteiger partial charge in [0.2, 0.25) is 0 Å². The summed E-state index contributed by atoms with van der Waals surface area (Å²) < 4.78 is 4.42. The standard InChI is InChI=1S/C10H17NO3/c1-5-6-8(9(12)7(2)3)11-10(13)14-4/h8H,2,5-6H2,1,3-4H3,(H,11,13). The van der Waals surface area contributed by atoms with Crippen molar-refractivity contribution in [3.8, 4) is 0 Å². The molecule has 0 heterocycles. The summed E-state index contributed by atoms with van der Waals surface area (Å²) in [6.45, 7) is 7.12. The van der Waals surface area contributed by atoms with Crippen molar-refractivity contribution in [1.29, 1.82) is 0 Å². The number of hydrogen-bond acceptors (Lipinski definition) is 3. The molecule has 0 bridgehead atoms. The Morgan fingerprint density at radius 3 is 2.43 bits per heavy atom. The minimum atomic E-state index is -0.585. The van der Waals surface area contributed by atoms with E-state index in [0.717, 1.165) is 6.42 Å². The normalized spacial score (nSPS) is 11.6. The first-order chi connectivity index (χ1) is 6.52. The van der Waals surface area contributed by atoms with Gasteiger partial charge in [-0.25, -0.2) is 4.79 Å². The Morgan fingerprint density at radius 2 is 2.07 bits per heavy atom. The van der Waals surface area contributed by atoms with E-state index in [9.17, 15) is 9.59 Å². The maximum atomic E-state index is 11.5. The van der Waals surface area contributed by atoms with Gasteiger partial charge >= 0.3 is 6.09 Å². The minimum absolute atomic E-state index is 0.141. The molecule has 0 aliphatic carbocycles. The summed E-state index contributed by atoms with van der Waals surface area (Å²) in [6, 6.07) is -0.509. The summed E-state index contributed by atoms with van der Waals surface area (Å²) in [5, 5.41) is 2.48. The van der Waals surface area contributed by atoms with E-state index in [2.05, 4.69) is 16.6 Å². The molecule has 0 rings (SSSR count). The second-order valence-electron chi connectivity index (χ2n) is 3.12. The van der Waals surface area contributed by atoms with Crippen LogP contribution >= 0.6 is 0 Å². The first-order valence-corrected chi connectivity index (χ1v) is 4.57. The van der Waals surface area contributed by atoms with Crippen LogP contribution in [-0.2, 0) is 9.53 Å². The average Bonchev–Trinajstić information content (AvgIpc) is 2.15. The van der Waals surface area contributed by atoms with E-state index in [1.807, 2.05) is 6.92 Å². The number of ketones is 1. The number of nitrogens with one attached hydrogen (secondary N) is 1. The van der Waals surface area contributed by atoms with Gasteiger partial charge in [-0.1, -0.05) is 19.9 Å². The van der Waals surface area contributed by atoms with E-state index < -0.39 is 12.1 Å². The number of carbonyl (C=O) groups is 2. The largest absolute Gasteiger partial charge is 0.453 e. The molecular formula is C10H17NO3. The third-order valence-corrected chi connectivity index (χ3v) is 1.79. The lowest BCUT2D eigenvalue weighted by atomic mass is 10.0. The van der Waals surface area contributed by atoms with Crippen molar-refractivity contribution in [2.75, 3.05) is 7.11 Å². The smallest absolute Gasteiger partial charge is 0.407 e. The van der Waals surface area contributed by atoms with Crippen LogP contribution in [0.25, 0.3) is 0 Å². The van der Waals surface area contributed by atoms with Crippen LogP contribution in [0.5, 0.6) is 0 Å². The molecule has 4 nitrogen and oxygen atoms in total. The molecule has 0 fully saturated rings. The number of Topliss-reactive ketones (excluding diaryl/α,β-unsaturated/α-hetero) is 1. The van der Waals surface area contributed by atoms with Crippen molar-refractivity contribution in [3.05, 3.63) is 12.2 Å². The van der Waals surface area contributed by atoms with Crippen LogP contribution in [0.15, 0.2) is 12.2 Å². The Kier molecular flexibility index (Phi) is 5.60. The lowest BCUT2D eigenvalue weighted by molar-refractivity contribution is -0.117. The first-order valence-electron chi connectivity index (χ1n) is 4.57. The van der Waals surface area contributed by atoms with Gasteiger partial charge in [0.25, 0.3) is 0 Å². The van der Waals surface area contributed by atoms with Gasteiger partial charge in [0.1, 0.15) is 0 Å². The molecule has 0 spiro atoms. The zero-order chi connectivity index (χ0) is 11.1. The quantitative estimate of drug-likeness (QED) is 0.685. The average molecular weight is 199 g/mol. The lowest BCUT2D eigenvalue weighted by Crippen LogP contribution is -2.40. The third-order valence-electron chi connectivity index (χ3n) is 1.79. The van der Waals surface area contributed by atoms with Gasteiger partial charge in [0.15, 0.2) is 5.78 Å². The second-order valence-corrected chi connectivity index (χ2v) is 3.12. The summed E-state index contributed by atoms with van der Waals surface area (Å²) in [7, 11) is 1.27. The van der Waals surface area contributed by atoms with Crippen LogP contribution in [0.4, 0.5) is 4.79 Å². The number of hydrogen-bond donors (Lipinski definition) is 1. The summed E-state index contributed by atoms with van der Waals surface area (Å²) in [5.41, 5.74) is 0.444. The van der Waals surface area contributed by atoms with E-state index in [1.165, 1.54) is 7.11 Å². The van der Waals surface area contributed by atoms with E-state index in [-0.39, 0.29) is 5.78 Å². The zero-order valence-electron chi connectivity index (χ0n) is 8.92. The topological polar surface area (TPSA) is 55.4 Å². The molecule has 1 atom stereocenters. The summed E-state index contributed by atoms with van der Waals surface area (Å²) in [6.07, 6.45) is 0.826. The molecule has 0 saturated heterocycles. The van der Waals surface area contributed by atoms with E-state index in [1.54, 1.807) is 6.92 Å². The highest BCUT2D eigenvalue weighted by Crippen LogP contribution is 2.04. The fourth-order valence-electron chi connectivity index (χ4n) is 1.06. The lowest BCUT2D eigenvalue weighted by Gasteiger charge is -2.15. The molecule has 14 heavy (non-hydrogen) atoms. The van der Waals surface area contributed by atoms with Crippen LogP contribution in [0, 0.1) is 0 Å². The summed E-state index contributed by atoms with van der Waals surface area (Å²) in [4.78, 5) is 22.4. The number of ether oxygens (including phenoxy) is 1. The second kappa shape index (κ2) is 6.18. The molecule has 0 radical (unpaired) electrons. The molecule has 0 aromatic carbocycles. The molecule has 4 heteroatoms. The van der Waals surface area contributed by atoms with Gasteiger partial charge in [-0.15, -0.1) is 0 Å². The van der Waals surface area contributed by atoms with Gasteiger partial charge in [0, 0.05) is 0 Å². The number of rotatable bonds is 5. The van der Waals surface area contributed by atoms with Crippen molar-refractivity contribution in [2.45, 2.75) is 32.7 Å². The predicted molar refractivity (Wildman–Crippen MR) is 54.1 cm³/mol. The molecule has 1 N–H and O–H groups in total. The molecule has 1 amide bonds. The SMILES string of the molecule is C=C(C)C(=O)C(CCC)NC(=O)OC. The van der Waals surface area contributed by atoms with Crippen molar-refractivity contribution >= 4 is 11.9 Å². The van der Waals surface area contributed by atoms with Crippen LogP contribution in [0.2, 0.25) is 0 Å². The fraction of sp³-hybridized carbons (Fsp3) is 0.600. The molecule has 0 saturated carbocycles. The zero-order valence-corrected chi connectivity index (χ0v) is 8.92. The van der Waals surface area contributed by atoms with Crippen molar-refractivity contribution in [1.82, 2.24) is 5.32 Å². The minimum Gasteiger partial charge on any atom is -0.453 e. The van der Waals surface area contributed by atoms with Crippen LogP contribution < -0.4 is 5.32 Å². The number of carbonyl (C=O) groups excluding carboxylic acids is 2. The van der Waals surface area contributed by atoms with Gasteiger partial charge in [-0.3, -0.25) is 4.79 Å². The highest BCUT2D eigenvalue weighted by Gasteiger charge is 2.20. The van der Waals surface area contributed by atoms with E-state index >= 15 is 0 Å². The Hall–Kier alpha value is -1.32. The Balaban J connectivity index is 4.35. The third kappa shape index (κ3) is 4.07. The number of methoxy groups -OCH3 is 1. The molecular weight excluding hydrogens is 182 g/mol. The maximum absolute atomic E-state index is 11.5. The maximum Gasteiger partial charge on any atom is 0.407 e. The van der Waals surface area contributed by atoms with Crippen LogP contribution in [0.3, 0.4) is 0 Å². The van der Waals surface area contributed by atoms with Gasteiger partial charge in [0.05, 0.1) is 13.2 Å². The first kappa shape index (κ1) is 12.7. The van der Waals surface area contributed by atoms with Gasteiger partial charge in [-0.05, 0) is 18.9 Å². The van der Waals surface area contributed by atoms with Gasteiger partial charge in [-0.2, -0.15) is 0 Å². The molecule has 0 aliphatic rings.